The summed E-state index contributed by atoms with van der Waals surface area (Å²) in [6.45, 7) is 6.59. The van der Waals surface area contributed by atoms with Crippen LogP contribution in [0.15, 0.2) is 0 Å². The molecule has 0 aromatic carbocycles. The van der Waals surface area contributed by atoms with Gasteiger partial charge < -0.3 is 10.2 Å². The Morgan fingerprint density at radius 2 is 1.05 bits per heavy atom. The van der Waals surface area contributed by atoms with Gasteiger partial charge in [-0.2, -0.15) is 0 Å². The van der Waals surface area contributed by atoms with Crippen molar-refractivity contribution in [2.45, 2.75) is 66.2 Å². The lowest BCUT2D eigenvalue weighted by atomic mass is 9.85. The van der Waals surface area contributed by atoms with Crippen LogP contribution < -0.4 is 0 Å². The Kier molecular flexibility index (Phi) is 6.89. The fourth-order valence-corrected chi connectivity index (χ4v) is 1.79. The van der Waals surface area contributed by atoms with Gasteiger partial charge in [0.2, 0.25) is 0 Å². The van der Waals surface area contributed by atoms with Crippen LogP contribution in [0.4, 0.5) is 0 Å². The molecule has 0 saturated heterocycles. The highest BCUT2D eigenvalue weighted by Gasteiger charge is 2.27. The number of Topliss-reactive ketones (excluding diaryl/α,β-unsaturated/α-hetero) is 1. The number of rotatable bonds is 10. The summed E-state index contributed by atoms with van der Waals surface area (Å²) in [4.78, 5) is 33.5. The van der Waals surface area contributed by atoms with Crippen LogP contribution in [0.1, 0.15) is 66.2 Å². The van der Waals surface area contributed by atoms with E-state index < -0.39 is 22.8 Å². The first-order valence-corrected chi connectivity index (χ1v) is 6.97. The van der Waals surface area contributed by atoms with Crippen molar-refractivity contribution >= 4 is 17.7 Å². The van der Waals surface area contributed by atoms with E-state index in [1.165, 1.54) is 0 Å². The molecule has 0 unspecified atom stereocenters. The van der Waals surface area contributed by atoms with E-state index >= 15 is 0 Å². The molecule has 0 amide bonds. The van der Waals surface area contributed by atoms with Crippen LogP contribution in [0.5, 0.6) is 0 Å². The number of hydrogen-bond donors (Lipinski definition) is 2. The smallest absolute Gasteiger partial charge is 0.309 e. The Hall–Kier alpha value is -1.39. The third-order valence-electron chi connectivity index (χ3n) is 3.67. The number of hydrogen-bond acceptors (Lipinski definition) is 3. The lowest BCUT2D eigenvalue weighted by molar-refractivity contribution is -0.148. The van der Waals surface area contributed by atoms with Crippen molar-refractivity contribution < 1.29 is 24.6 Å². The summed E-state index contributed by atoms with van der Waals surface area (Å²) >= 11 is 0. The van der Waals surface area contributed by atoms with Gasteiger partial charge in [0.15, 0.2) is 0 Å². The highest BCUT2D eigenvalue weighted by Crippen LogP contribution is 2.25. The van der Waals surface area contributed by atoms with Gasteiger partial charge in [0.05, 0.1) is 10.8 Å². The number of carbonyl (C=O) groups is 3. The number of carboxylic acid groups (broad SMARTS) is 2. The molecule has 0 atom stereocenters. The minimum Gasteiger partial charge on any atom is -0.481 e. The zero-order valence-electron chi connectivity index (χ0n) is 12.9. The number of aliphatic carboxylic acids is 2. The molecule has 0 aliphatic rings. The Balaban J connectivity index is 3.92. The number of carboxylic acids is 2. The van der Waals surface area contributed by atoms with Crippen molar-refractivity contribution in [1.29, 1.82) is 0 Å². The van der Waals surface area contributed by atoms with Crippen molar-refractivity contribution in [3.8, 4) is 0 Å². The van der Waals surface area contributed by atoms with Gasteiger partial charge in [-0.25, -0.2) is 0 Å². The largest absolute Gasteiger partial charge is 0.481 e. The molecule has 0 saturated carbocycles. The van der Waals surface area contributed by atoms with Crippen LogP contribution in [0, 0.1) is 10.8 Å². The molecule has 0 rings (SSSR count). The van der Waals surface area contributed by atoms with Crippen LogP contribution in [0.3, 0.4) is 0 Å². The van der Waals surface area contributed by atoms with Crippen molar-refractivity contribution in [3.05, 3.63) is 0 Å². The Labute approximate surface area is 120 Å². The first-order chi connectivity index (χ1) is 8.99. The number of carbonyl (C=O) groups excluding carboxylic acids is 1. The van der Waals surface area contributed by atoms with Gasteiger partial charge in [0.1, 0.15) is 5.78 Å². The van der Waals surface area contributed by atoms with Gasteiger partial charge >= 0.3 is 11.9 Å². The molecule has 116 valence electrons. The zero-order chi connectivity index (χ0) is 16.0. The minimum atomic E-state index is -0.854. The molecular formula is C15H26O5. The molecule has 0 aliphatic heterocycles. The predicted molar refractivity (Wildman–Crippen MR) is 75.5 cm³/mol. The third-order valence-corrected chi connectivity index (χ3v) is 3.67. The number of ketones is 1. The molecule has 5 heteroatoms. The summed E-state index contributed by atoms with van der Waals surface area (Å²) in [6, 6.07) is 0. The van der Waals surface area contributed by atoms with Crippen LogP contribution in [-0.2, 0) is 14.4 Å². The average molecular weight is 286 g/mol. The normalized spacial score (nSPS) is 12.2. The molecule has 5 nitrogen and oxygen atoms in total. The van der Waals surface area contributed by atoms with E-state index in [0.29, 0.717) is 38.5 Å². The molecule has 0 aromatic rings. The second-order valence-corrected chi connectivity index (χ2v) is 6.62. The first-order valence-electron chi connectivity index (χ1n) is 6.97. The molecule has 0 spiro atoms. The van der Waals surface area contributed by atoms with Crippen molar-refractivity contribution in [2.24, 2.45) is 10.8 Å². The Morgan fingerprint density at radius 1 is 0.750 bits per heavy atom. The maximum Gasteiger partial charge on any atom is 0.309 e. The van der Waals surface area contributed by atoms with Crippen molar-refractivity contribution in [3.63, 3.8) is 0 Å². The van der Waals surface area contributed by atoms with Gasteiger partial charge in [-0.1, -0.05) is 0 Å². The van der Waals surface area contributed by atoms with E-state index in [1.807, 2.05) is 0 Å². The van der Waals surface area contributed by atoms with Gasteiger partial charge in [-0.15, -0.1) is 0 Å². The molecule has 0 fully saturated rings. The lowest BCUT2D eigenvalue weighted by Crippen LogP contribution is -2.24. The summed E-state index contributed by atoms with van der Waals surface area (Å²) in [5, 5.41) is 17.9. The van der Waals surface area contributed by atoms with Gasteiger partial charge in [-0.05, 0) is 53.4 Å². The second-order valence-electron chi connectivity index (χ2n) is 6.62. The molecular weight excluding hydrogens is 260 g/mol. The van der Waals surface area contributed by atoms with E-state index in [-0.39, 0.29) is 5.78 Å². The predicted octanol–water partition coefficient (Wildman–Crippen LogP) is 3.12. The molecule has 0 aliphatic carbocycles. The average Bonchev–Trinajstić information content (AvgIpc) is 2.27. The Bertz CT molecular complexity index is 334. The molecule has 0 heterocycles. The maximum atomic E-state index is 11.7. The van der Waals surface area contributed by atoms with Crippen LogP contribution in [0.25, 0.3) is 0 Å². The summed E-state index contributed by atoms with van der Waals surface area (Å²) in [7, 11) is 0. The van der Waals surface area contributed by atoms with E-state index in [2.05, 4.69) is 0 Å². The summed E-state index contributed by atoms with van der Waals surface area (Å²) in [5.74, 6) is -1.63. The molecule has 2 N–H and O–H groups in total. The van der Waals surface area contributed by atoms with Crippen LogP contribution >= 0.6 is 0 Å². The molecule has 0 aromatic heterocycles. The minimum absolute atomic E-state index is 0.0763. The summed E-state index contributed by atoms with van der Waals surface area (Å²) < 4.78 is 0. The quantitative estimate of drug-likeness (QED) is 0.643. The monoisotopic (exact) mass is 286 g/mol. The molecule has 20 heavy (non-hydrogen) atoms. The van der Waals surface area contributed by atoms with Crippen molar-refractivity contribution in [1.82, 2.24) is 0 Å². The fourth-order valence-electron chi connectivity index (χ4n) is 1.79. The molecule has 0 radical (unpaired) electrons. The van der Waals surface area contributed by atoms with Crippen molar-refractivity contribution in [2.75, 3.05) is 0 Å². The maximum absolute atomic E-state index is 11.7. The Morgan fingerprint density at radius 3 is 1.30 bits per heavy atom. The molecule has 0 bridgehead atoms. The van der Waals surface area contributed by atoms with E-state index in [1.54, 1.807) is 27.7 Å². The van der Waals surface area contributed by atoms with Gasteiger partial charge in [0, 0.05) is 12.8 Å². The zero-order valence-corrected chi connectivity index (χ0v) is 12.9. The van der Waals surface area contributed by atoms with Crippen LogP contribution in [0.2, 0.25) is 0 Å². The highest BCUT2D eigenvalue weighted by atomic mass is 16.4. The topological polar surface area (TPSA) is 91.7 Å². The summed E-state index contributed by atoms with van der Waals surface area (Å²) in [5.41, 5.74) is -1.60. The summed E-state index contributed by atoms with van der Waals surface area (Å²) in [6.07, 6.45) is 2.78. The second kappa shape index (κ2) is 7.41. The van der Waals surface area contributed by atoms with E-state index in [4.69, 9.17) is 10.2 Å². The highest BCUT2D eigenvalue weighted by molar-refractivity contribution is 5.79. The first kappa shape index (κ1) is 18.6. The van der Waals surface area contributed by atoms with Gasteiger partial charge in [-0.3, -0.25) is 14.4 Å². The third kappa shape index (κ3) is 6.68. The lowest BCUT2D eigenvalue weighted by Gasteiger charge is -2.19. The SMILES string of the molecule is CC(C)(CCCC(=O)CCCC(C)(C)C(=O)O)C(=O)O. The van der Waals surface area contributed by atoms with Gasteiger partial charge in [0.25, 0.3) is 0 Å². The van der Waals surface area contributed by atoms with E-state index in [0.717, 1.165) is 0 Å². The standard InChI is InChI=1S/C15H26O5/c1-14(2,12(17)18)9-5-7-11(16)8-6-10-15(3,4)13(19)20/h5-10H2,1-4H3,(H,17,18)(H,19,20). The fraction of sp³-hybridized carbons (Fsp3) is 0.800. The van der Waals surface area contributed by atoms with E-state index in [9.17, 15) is 14.4 Å². The van der Waals surface area contributed by atoms with Crippen LogP contribution in [-0.4, -0.2) is 27.9 Å².